The highest BCUT2D eigenvalue weighted by molar-refractivity contribution is 5.98. The molecule has 1 aromatic carbocycles. The van der Waals surface area contributed by atoms with Crippen molar-refractivity contribution < 1.29 is 9.59 Å². The number of hydrogen-bond donors (Lipinski definition) is 2. The zero-order valence-electron chi connectivity index (χ0n) is 11.4. The first-order chi connectivity index (χ1) is 9.10. The van der Waals surface area contributed by atoms with Crippen LogP contribution in [0.1, 0.15) is 43.5 Å². The highest BCUT2D eigenvalue weighted by Gasteiger charge is 2.29. The lowest BCUT2D eigenvalue weighted by Crippen LogP contribution is -2.31. The third kappa shape index (κ3) is 3.81. The lowest BCUT2D eigenvalue weighted by atomic mass is 10.1. The summed E-state index contributed by atoms with van der Waals surface area (Å²) in [6.07, 6.45) is 2.84. The summed E-state index contributed by atoms with van der Waals surface area (Å²) >= 11 is 0. The van der Waals surface area contributed by atoms with Gasteiger partial charge in [-0.05, 0) is 44.4 Å². The lowest BCUT2D eigenvalue weighted by Gasteiger charge is -2.12. The van der Waals surface area contributed by atoms with Crippen molar-refractivity contribution in [2.75, 3.05) is 5.32 Å². The molecule has 0 unspecified atom stereocenters. The summed E-state index contributed by atoms with van der Waals surface area (Å²) in [5.74, 6) is 0.119. The Morgan fingerprint density at radius 3 is 2.74 bits per heavy atom. The van der Waals surface area contributed by atoms with E-state index in [1.165, 1.54) is 0 Å². The maximum atomic E-state index is 12.0. The SMILES string of the molecule is CC[C@H](C)NC(=O)c1cccc(NC(=O)C2CC2)c1. The van der Waals surface area contributed by atoms with Crippen LogP contribution in [0, 0.1) is 5.92 Å². The van der Waals surface area contributed by atoms with Gasteiger partial charge in [0.2, 0.25) is 5.91 Å². The summed E-state index contributed by atoms with van der Waals surface area (Å²) in [7, 11) is 0. The van der Waals surface area contributed by atoms with Crippen molar-refractivity contribution in [1.82, 2.24) is 5.32 Å². The number of rotatable bonds is 5. The van der Waals surface area contributed by atoms with Crippen LogP contribution in [0.2, 0.25) is 0 Å². The molecule has 19 heavy (non-hydrogen) atoms. The first-order valence-electron chi connectivity index (χ1n) is 6.82. The van der Waals surface area contributed by atoms with Crippen LogP contribution in [0.15, 0.2) is 24.3 Å². The number of anilines is 1. The topological polar surface area (TPSA) is 58.2 Å². The Balaban J connectivity index is 2.01. The zero-order chi connectivity index (χ0) is 13.8. The Bertz CT molecular complexity index is 481. The minimum absolute atomic E-state index is 0.0551. The molecule has 0 spiro atoms. The zero-order valence-corrected chi connectivity index (χ0v) is 11.4. The summed E-state index contributed by atoms with van der Waals surface area (Å²) in [6.45, 7) is 3.99. The molecule has 0 radical (unpaired) electrons. The molecule has 0 saturated heterocycles. The van der Waals surface area contributed by atoms with E-state index in [0.717, 1.165) is 19.3 Å². The third-order valence-electron chi connectivity index (χ3n) is 3.33. The number of carbonyl (C=O) groups excluding carboxylic acids is 2. The van der Waals surface area contributed by atoms with E-state index in [1.807, 2.05) is 13.8 Å². The minimum Gasteiger partial charge on any atom is -0.350 e. The van der Waals surface area contributed by atoms with Crippen LogP contribution in [0.25, 0.3) is 0 Å². The van der Waals surface area contributed by atoms with Crippen LogP contribution in [0.5, 0.6) is 0 Å². The van der Waals surface area contributed by atoms with Gasteiger partial charge in [0.05, 0.1) is 0 Å². The predicted molar refractivity (Wildman–Crippen MR) is 75.0 cm³/mol. The molecule has 2 N–H and O–H groups in total. The van der Waals surface area contributed by atoms with E-state index >= 15 is 0 Å². The number of carbonyl (C=O) groups is 2. The van der Waals surface area contributed by atoms with Gasteiger partial charge in [0.1, 0.15) is 0 Å². The van der Waals surface area contributed by atoms with Crippen LogP contribution >= 0.6 is 0 Å². The number of benzene rings is 1. The quantitative estimate of drug-likeness (QED) is 0.854. The van der Waals surface area contributed by atoms with Crippen LogP contribution in [0.4, 0.5) is 5.69 Å². The van der Waals surface area contributed by atoms with Crippen molar-refractivity contribution in [2.45, 2.75) is 39.2 Å². The average molecular weight is 260 g/mol. The predicted octanol–water partition coefficient (Wildman–Crippen LogP) is 2.56. The molecule has 1 aliphatic carbocycles. The number of hydrogen-bond acceptors (Lipinski definition) is 2. The molecule has 0 aromatic heterocycles. The Morgan fingerprint density at radius 1 is 1.37 bits per heavy atom. The molecule has 1 fully saturated rings. The van der Waals surface area contributed by atoms with Gasteiger partial charge < -0.3 is 10.6 Å². The van der Waals surface area contributed by atoms with Gasteiger partial charge in [-0.25, -0.2) is 0 Å². The molecule has 1 saturated carbocycles. The largest absolute Gasteiger partial charge is 0.350 e. The Morgan fingerprint density at radius 2 is 2.11 bits per heavy atom. The maximum Gasteiger partial charge on any atom is 0.251 e. The van der Waals surface area contributed by atoms with Crippen LogP contribution in [-0.2, 0) is 4.79 Å². The molecular weight excluding hydrogens is 240 g/mol. The Kier molecular flexibility index (Phi) is 4.20. The second-order valence-corrected chi connectivity index (χ2v) is 5.13. The highest BCUT2D eigenvalue weighted by Crippen LogP contribution is 2.30. The highest BCUT2D eigenvalue weighted by atomic mass is 16.2. The van der Waals surface area contributed by atoms with E-state index in [2.05, 4.69) is 10.6 Å². The smallest absolute Gasteiger partial charge is 0.251 e. The molecule has 1 aliphatic rings. The van der Waals surface area contributed by atoms with Gasteiger partial charge in [0, 0.05) is 23.2 Å². The van der Waals surface area contributed by atoms with Crippen LogP contribution in [0.3, 0.4) is 0 Å². The molecule has 2 rings (SSSR count). The summed E-state index contributed by atoms with van der Waals surface area (Å²) < 4.78 is 0. The second kappa shape index (κ2) is 5.87. The van der Waals surface area contributed by atoms with Gasteiger partial charge in [-0.15, -0.1) is 0 Å². The minimum atomic E-state index is -0.100. The van der Waals surface area contributed by atoms with Crippen LogP contribution in [-0.4, -0.2) is 17.9 Å². The Hall–Kier alpha value is -1.84. The van der Waals surface area contributed by atoms with E-state index in [-0.39, 0.29) is 23.8 Å². The molecule has 1 aromatic rings. The fourth-order valence-corrected chi connectivity index (χ4v) is 1.74. The first-order valence-corrected chi connectivity index (χ1v) is 6.82. The molecule has 0 aliphatic heterocycles. The van der Waals surface area contributed by atoms with Crippen molar-refractivity contribution in [2.24, 2.45) is 5.92 Å². The standard InChI is InChI=1S/C15H20N2O2/c1-3-10(2)16-15(19)12-5-4-6-13(9-12)17-14(18)11-7-8-11/h4-6,9-11H,3,7-8H2,1-2H3,(H,16,19)(H,17,18)/t10-/m0/s1. The first kappa shape index (κ1) is 13.6. The van der Waals surface area contributed by atoms with E-state index in [1.54, 1.807) is 24.3 Å². The lowest BCUT2D eigenvalue weighted by molar-refractivity contribution is -0.117. The van der Waals surface area contributed by atoms with Crippen LogP contribution < -0.4 is 10.6 Å². The van der Waals surface area contributed by atoms with E-state index in [0.29, 0.717) is 11.3 Å². The van der Waals surface area contributed by atoms with Crippen molar-refractivity contribution in [3.63, 3.8) is 0 Å². The van der Waals surface area contributed by atoms with Gasteiger partial charge in [0.15, 0.2) is 0 Å². The van der Waals surface area contributed by atoms with Gasteiger partial charge in [-0.1, -0.05) is 13.0 Å². The Labute approximate surface area is 113 Å². The summed E-state index contributed by atoms with van der Waals surface area (Å²) in [5, 5.41) is 5.76. The third-order valence-corrected chi connectivity index (χ3v) is 3.33. The van der Waals surface area contributed by atoms with Crippen molar-refractivity contribution in [3.05, 3.63) is 29.8 Å². The molecule has 1 atom stereocenters. The fraction of sp³-hybridized carbons (Fsp3) is 0.467. The fourth-order valence-electron chi connectivity index (χ4n) is 1.74. The summed E-state index contributed by atoms with van der Waals surface area (Å²) in [5.41, 5.74) is 1.27. The molecule has 2 amide bonds. The summed E-state index contributed by atoms with van der Waals surface area (Å²) in [6, 6.07) is 7.22. The number of amides is 2. The van der Waals surface area contributed by atoms with Crippen molar-refractivity contribution in [1.29, 1.82) is 0 Å². The van der Waals surface area contributed by atoms with Gasteiger partial charge in [-0.2, -0.15) is 0 Å². The van der Waals surface area contributed by atoms with Crippen molar-refractivity contribution in [3.8, 4) is 0 Å². The molecule has 0 bridgehead atoms. The maximum absolute atomic E-state index is 12.0. The van der Waals surface area contributed by atoms with Gasteiger partial charge >= 0.3 is 0 Å². The molecule has 4 nitrogen and oxygen atoms in total. The van der Waals surface area contributed by atoms with Crippen molar-refractivity contribution >= 4 is 17.5 Å². The molecular formula is C15H20N2O2. The van der Waals surface area contributed by atoms with Gasteiger partial charge in [-0.3, -0.25) is 9.59 Å². The second-order valence-electron chi connectivity index (χ2n) is 5.13. The number of nitrogens with one attached hydrogen (secondary N) is 2. The average Bonchev–Trinajstić information content (AvgIpc) is 3.23. The van der Waals surface area contributed by atoms with Gasteiger partial charge in [0.25, 0.3) is 5.91 Å². The summed E-state index contributed by atoms with van der Waals surface area (Å²) in [4.78, 5) is 23.6. The van der Waals surface area contributed by atoms with E-state index in [4.69, 9.17) is 0 Å². The molecule has 0 heterocycles. The normalized spacial score (nSPS) is 15.7. The van der Waals surface area contributed by atoms with E-state index < -0.39 is 0 Å². The molecule has 4 heteroatoms. The molecule has 102 valence electrons. The van der Waals surface area contributed by atoms with E-state index in [9.17, 15) is 9.59 Å². The monoisotopic (exact) mass is 260 g/mol.